The Kier molecular flexibility index (Phi) is 2.49. The fraction of sp³-hybridized carbons (Fsp3) is 0.500. The summed E-state index contributed by atoms with van der Waals surface area (Å²) in [5.74, 6) is 0.213. The van der Waals surface area contributed by atoms with Crippen molar-refractivity contribution in [2.75, 3.05) is 6.54 Å². The standard InChI is InChI=1S/C8H12NO/c1-2-3-6-9-7-4-5-8(9)10/h3-4,6H,2,5,7H2,1H3. The normalized spacial score (nSPS) is 19.3. The molecule has 2 heteroatoms. The van der Waals surface area contributed by atoms with E-state index in [1.807, 2.05) is 18.7 Å². The SMILES string of the molecule is CCC=CN1C[CH]CC1=O. The molecule has 1 aliphatic heterocycles. The van der Waals surface area contributed by atoms with Crippen molar-refractivity contribution < 1.29 is 4.79 Å². The summed E-state index contributed by atoms with van der Waals surface area (Å²) in [4.78, 5) is 12.7. The Hall–Kier alpha value is -0.790. The predicted molar refractivity (Wildman–Crippen MR) is 40.1 cm³/mol. The van der Waals surface area contributed by atoms with Crippen LogP contribution in [0.15, 0.2) is 12.3 Å². The van der Waals surface area contributed by atoms with Gasteiger partial charge in [-0.25, -0.2) is 0 Å². The summed E-state index contributed by atoms with van der Waals surface area (Å²) in [5, 5.41) is 0. The molecule has 1 rings (SSSR count). The van der Waals surface area contributed by atoms with E-state index in [1.165, 1.54) is 0 Å². The zero-order valence-electron chi connectivity index (χ0n) is 6.21. The molecule has 10 heavy (non-hydrogen) atoms. The van der Waals surface area contributed by atoms with Gasteiger partial charge in [0.2, 0.25) is 5.91 Å². The highest BCUT2D eigenvalue weighted by Crippen LogP contribution is 2.08. The van der Waals surface area contributed by atoms with Crippen molar-refractivity contribution in [3.8, 4) is 0 Å². The molecule has 1 heterocycles. The minimum Gasteiger partial charge on any atom is -0.319 e. The monoisotopic (exact) mass is 138 g/mol. The number of carbonyl (C=O) groups excluding carboxylic acids is 1. The fourth-order valence-corrected chi connectivity index (χ4v) is 0.923. The van der Waals surface area contributed by atoms with Crippen LogP contribution in [0.25, 0.3) is 0 Å². The summed E-state index contributed by atoms with van der Waals surface area (Å²) in [6.07, 6.45) is 7.45. The maximum Gasteiger partial charge on any atom is 0.226 e. The predicted octanol–water partition coefficient (Wildman–Crippen LogP) is 1.35. The van der Waals surface area contributed by atoms with Gasteiger partial charge in [0.25, 0.3) is 0 Å². The molecule has 0 N–H and O–H groups in total. The second-order valence-electron chi connectivity index (χ2n) is 2.33. The second kappa shape index (κ2) is 3.40. The average Bonchev–Trinajstić information content (AvgIpc) is 2.31. The molecule has 0 bridgehead atoms. The van der Waals surface area contributed by atoms with E-state index in [0.717, 1.165) is 13.0 Å². The first-order valence-electron chi connectivity index (χ1n) is 3.62. The molecule has 0 aromatic heterocycles. The number of allylic oxidation sites excluding steroid dienone is 1. The highest BCUT2D eigenvalue weighted by atomic mass is 16.2. The molecule has 1 amide bonds. The van der Waals surface area contributed by atoms with Crippen LogP contribution in [0.2, 0.25) is 0 Å². The Morgan fingerprint density at radius 3 is 3.10 bits per heavy atom. The molecule has 0 unspecified atom stereocenters. The first kappa shape index (κ1) is 7.32. The summed E-state index contributed by atoms with van der Waals surface area (Å²) < 4.78 is 0. The van der Waals surface area contributed by atoms with Crippen LogP contribution in [-0.2, 0) is 4.79 Å². The van der Waals surface area contributed by atoms with Gasteiger partial charge >= 0.3 is 0 Å². The van der Waals surface area contributed by atoms with Gasteiger partial charge in [-0.1, -0.05) is 13.0 Å². The highest BCUT2D eigenvalue weighted by molar-refractivity contribution is 5.80. The molecule has 55 valence electrons. The molecule has 0 aromatic carbocycles. The zero-order chi connectivity index (χ0) is 7.40. The summed E-state index contributed by atoms with van der Waals surface area (Å²) in [6.45, 7) is 2.84. The number of hydrogen-bond donors (Lipinski definition) is 0. The third kappa shape index (κ3) is 1.59. The van der Waals surface area contributed by atoms with E-state index in [4.69, 9.17) is 0 Å². The number of rotatable bonds is 2. The summed E-state index contributed by atoms with van der Waals surface area (Å²) >= 11 is 0. The summed E-state index contributed by atoms with van der Waals surface area (Å²) in [7, 11) is 0. The topological polar surface area (TPSA) is 20.3 Å². The van der Waals surface area contributed by atoms with Crippen LogP contribution in [0.4, 0.5) is 0 Å². The molecule has 0 spiro atoms. The molecule has 1 fully saturated rings. The van der Waals surface area contributed by atoms with Gasteiger partial charge in [-0.15, -0.1) is 0 Å². The van der Waals surface area contributed by atoms with E-state index in [1.54, 1.807) is 4.90 Å². The van der Waals surface area contributed by atoms with Crippen molar-refractivity contribution in [2.45, 2.75) is 19.8 Å². The molecule has 1 aliphatic rings. The lowest BCUT2D eigenvalue weighted by Gasteiger charge is -2.06. The lowest BCUT2D eigenvalue weighted by Crippen LogP contribution is -2.17. The first-order valence-corrected chi connectivity index (χ1v) is 3.62. The van der Waals surface area contributed by atoms with Crippen LogP contribution >= 0.6 is 0 Å². The van der Waals surface area contributed by atoms with E-state index in [-0.39, 0.29) is 5.91 Å². The zero-order valence-corrected chi connectivity index (χ0v) is 6.21. The van der Waals surface area contributed by atoms with Crippen LogP contribution < -0.4 is 0 Å². The quantitative estimate of drug-likeness (QED) is 0.564. The Labute approximate surface area is 61.5 Å². The Morgan fingerprint density at radius 1 is 1.80 bits per heavy atom. The Bertz CT molecular complexity index is 151. The van der Waals surface area contributed by atoms with Crippen molar-refractivity contribution >= 4 is 5.91 Å². The fourth-order valence-electron chi connectivity index (χ4n) is 0.923. The van der Waals surface area contributed by atoms with Gasteiger partial charge in [0.05, 0.1) is 0 Å². The average molecular weight is 138 g/mol. The number of nitrogens with zero attached hydrogens (tertiary/aromatic N) is 1. The van der Waals surface area contributed by atoms with Crippen LogP contribution in [0, 0.1) is 6.42 Å². The molecule has 0 saturated carbocycles. The molecule has 0 atom stereocenters. The minimum absolute atomic E-state index is 0.213. The lowest BCUT2D eigenvalue weighted by molar-refractivity contribution is -0.125. The van der Waals surface area contributed by atoms with Gasteiger partial charge in [-0.2, -0.15) is 0 Å². The van der Waals surface area contributed by atoms with Crippen molar-refractivity contribution in [1.82, 2.24) is 4.90 Å². The second-order valence-corrected chi connectivity index (χ2v) is 2.33. The van der Waals surface area contributed by atoms with Crippen molar-refractivity contribution in [3.05, 3.63) is 18.7 Å². The van der Waals surface area contributed by atoms with Crippen LogP contribution in [0.3, 0.4) is 0 Å². The maximum absolute atomic E-state index is 10.9. The lowest BCUT2D eigenvalue weighted by atomic mass is 10.4. The van der Waals surface area contributed by atoms with E-state index in [0.29, 0.717) is 6.42 Å². The van der Waals surface area contributed by atoms with Crippen LogP contribution in [0.5, 0.6) is 0 Å². The van der Waals surface area contributed by atoms with Crippen molar-refractivity contribution in [1.29, 1.82) is 0 Å². The smallest absolute Gasteiger partial charge is 0.226 e. The van der Waals surface area contributed by atoms with Crippen LogP contribution in [-0.4, -0.2) is 17.4 Å². The summed E-state index contributed by atoms with van der Waals surface area (Å²) in [6, 6.07) is 0. The minimum atomic E-state index is 0.213. The third-order valence-electron chi connectivity index (χ3n) is 1.49. The highest BCUT2D eigenvalue weighted by Gasteiger charge is 2.16. The van der Waals surface area contributed by atoms with Gasteiger partial charge in [-0.05, 0) is 12.8 Å². The van der Waals surface area contributed by atoms with Crippen molar-refractivity contribution in [2.24, 2.45) is 0 Å². The number of amides is 1. The van der Waals surface area contributed by atoms with Gasteiger partial charge in [0, 0.05) is 19.2 Å². The van der Waals surface area contributed by atoms with E-state index in [2.05, 4.69) is 6.92 Å². The molecular weight excluding hydrogens is 126 g/mol. The van der Waals surface area contributed by atoms with E-state index < -0.39 is 0 Å². The number of carbonyl (C=O) groups is 1. The largest absolute Gasteiger partial charge is 0.319 e. The van der Waals surface area contributed by atoms with E-state index >= 15 is 0 Å². The third-order valence-corrected chi connectivity index (χ3v) is 1.49. The van der Waals surface area contributed by atoms with Crippen molar-refractivity contribution in [3.63, 3.8) is 0 Å². The molecule has 1 saturated heterocycles. The van der Waals surface area contributed by atoms with E-state index in [9.17, 15) is 4.79 Å². The molecule has 0 aromatic rings. The van der Waals surface area contributed by atoms with Gasteiger partial charge in [0.1, 0.15) is 0 Å². The van der Waals surface area contributed by atoms with Gasteiger partial charge < -0.3 is 4.90 Å². The van der Waals surface area contributed by atoms with Gasteiger partial charge in [-0.3, -0.25) is 4.79 Å². The molecule has 2 nitrogen and oxygen atoms in total. The van der Waals surface area contributed by atoms with Gasteiger partial charge in [0.15, 0.2) is 0 Å². The summed E-state index contributed by atoms with van der Waals surface area (Å²) in [5.41, 5.74) is 0. The first-order chi connectivity index (χ1) is 4.84. The molecule has 0 aliphatic carbocycles. The Morgan fingerprint density at radius 2 is 2.60 bits per heavy atom. The molecular formula is C8H12NO. The number of hydrogen-bond acceptors (Lipinski definition) is 1. The maximum atomic E-state index is 10.9. The molecule has 1 radical (unpaired) electrons. The van der Waals surface area contributed by atoms with Crippen LogP contribution in [0.1, 0.15) is 19.8 Å². The number of likely N-dealkylation sites (tertiary alicyclic amines) is 1. The Balaban J connectivity index is 2.40.